The van der Waals surface area contributed by atoms with Gasteiger partial charge < -0.3 is 5.32 Å². The largest absolute Gasteiger partial charge is 0.355 e. The van der Waals surface area contributed by atoms with Gasteiger partial charge in [0.05, 0.1) is 11.5 Å². The summed E-state index contributed by atoms with van der Waals surface area (Å²) in [5.74, 6) is 0.310. The fourth-order valence-corrected chi connectivity index (χ4v) is 2.71. The summed E-state index contributed by atoms with van der Waals surface area (Å²) in [5, 5.41) is 2.44. The van der Waals surface area contributed by atoms with E-state index in [0.717, 1.165) is 0 Å². The third-order valence-electron chi connectivity index (χ3n) is 1.54. The fraction of sp³-hybridized carbons (Fsp3) is 0.800. The molecule has 4 nitrogen and oxygen atoms in total. The van der Waals surface area contributed by atoms with Crippen molar-refractivity contribution in [2.45, 2.75) is 12.5 Å². The van der Waals surface area contributed by atoms with Crippen molar-refractivity contribution in [2.24, 2.45) is 0 Å². The summed E-state index contributed by atoms with van der Waals surface area (Å²) >= 11 is 0. The molecular weight excluding hydrogens is 154 g/mol. The van der Waals surface area contributed by atoms with E-state index in [4.69, 9.17) is 0 Å². The lowest BCUT2D eigenvalue weighted by Gasteiger charge is -2.02. The van der Waals surface area contributed by atoms with Gasteiger partial charge in [0.1, 0.15) is 0 Å². The maximum absolute atomic E-state index is 10.8. The van der Waals surface area contributed by atoms with Gasteiger partial charge in [0.25, 0.3) is 0 Å². The molecule has 10 heavy (non-hydrogen) atoms. The maximum Gasteiger partial charge on any atom is 0.207 e. The summed E-state index contributed by atoms with van der Waals surface area (Å²) in [7, 11) is -2.84. The van der Waals surface area contributed by atoms with Crippen LogP contribution in [0.2, 0.25) is 0 Å². The van der Waals surface area contributed by atoms with Crippen molar-refractivity contribution >= 4 is 16.2 Å². The number of nitrogens with one attached hydrogen (secondary N) is 1. The molecule has 0 aromatic carbocycles. The number of carbonyl (C=O) groups is 1. The SMILES string of the molecule is O=CN[C@H]1CCS(=O)(=O)C1. The maximum atomic E-state index is 10.8. The molecule has 1 atom stereocenters. The zero-order valence-electron chi connectivity index (χ0n) is 5.41. The van der Waals surface area contributed by atoms with E-state index >= 15 is 0 Å². The topological polar surface area (TPSA) is 63.2 Å². The molecule has 0 aromatic heterocycles. The zero-order chi connectivity index (χ0) is 7.61. The summed E-state index contributed by atoms with van der Waals surface area (Å²) in [4.78, 5) is 9.87. The van der Waals surface area contributed by atoms with E-state index in [-0.39, 0.29) is 17.5 Å². The van der Waals surface area contributed by atoms with Crippen molar-refractivity contribution in [2.75, 3.05) is 11.5 Å². The highest BCUT2D eigenvalue weighted by atomic mass is 32.2. The van der Waals surface area contributed by atoms with E-state index in [0.29, 0.717) is 12.8 Å². The van der Waals surface area contributed by atoms with Crippen molar-refractivity contribution in [1.29, 1.82) is 0 Å². The lowest BCUT2D eigenvalue weighted by atomic mass is 10.3. The van der Waals surface area contributed by atoms with Crippen LogP contribution in [0.5, 0.6) is 0 Å². The molecule has 1 N–H and O–H groups in total. The summed E-state index contributed by atoms with van der Waals surface area (Å²) in [6.07, 6.45) is 1.10. The van der Waals surface area contributed by atoms with Crippen LogP contribution in [0.15, 0.2) is 0 Å². The van der Waals surface area contributed by atoms with Crippen molar-refractivity contribution in [1.82, 2.24) is 5.32 Å². The predicted molar refractivity (Wildman–Crippen MR) is 36.3 cm³/mol. The Balaban J connectivity index is 2.51. The Morgan fingerprint density at radius 2 is 2.20 bits per heavy atom. The van der Waals surface area contributed by atoms with Gasteiger partial charge in [0.15, 0.2) is 9.84 Å². The van der Waals surface area contributed by atoms with Crippen molar-refractivity contribution in [3.63, 3.8) is 0 Å². The van der Waals surface area contributed by atoms with Crippen molar-refractivity contribution < 1.29 is 13.2 Å². The lowest BCUT2D eigenvalue weighted by Crippen LogP contribution is -2.28. The average molecular weight is 163 g/mol. The number of hydrogen-bond donors (Lipinski definition) is 1. The number of hydrogen-bond acceptors (Lipinski definition) is 3. The summed E-state index contributed by atoms with van der Waals surface area (Å²) < 4.78 is 21.5. The van der Waals surface area contributed by atoms with E-state index in [1.807, 2.05) is 0 Å². The molecule has 1 rings (SSSR count). The number of carbonyl (C=O) groups excluding carboxylic acids is 1. The van der Waals surface area contributed by atoms with Gasteiger partial charge in [-0.3, -0.25) is 4.79 Å². The van der Waals surface area contributed by atoms with Crippen LogP contribution >= 0.6 is 0 Å². The highest BCUT2D eigenvalue weighted by Gasteiger charge is 2.26. The van der Waals surface area contributed by atoms with Gasteiger partial charge in [-0.1, -0.05) is 0 Å². The Bertz CT molecular complexity index is 221. The van der Waals surface area contributed by atoms with Gasteiger partial charge in [-0.25, -0.2) is 8.42 Å². The van der Waals surface area contributed by atoms with E-state index in [9.17, 15) is 13.2 Å². The smallest absolute Gasteiger partial charge is 0.207 e. The van der Waals surface area contributed by atoms with Crippen LogP contribution in [0, 0.1) is 0 Å². The highest BCUT2D eigenvalue weighted by Crippen LogP contribution is 2.09. The van der Waals surface area contributed by atoms with Gasteiger partial charge in [-0.15, -0.1) is 0 Å². The van der Waals surface area contributed by atoms with Crippen LogP contribution in [-0.2, 0) is 14.6 Å². The minimum Gasteiger partial charge on any atom is -0.355 e. The molecule has 1 amide bonds. The Labute approximate surface area is 59.5 Å². The van der Waals surface area contributed by atoms with Crippen molar-refractivity contribution in [3.8, 4) is 0 Å². The summed E-state index contributed by atoms with van der Waals surface area (Å²) in [6.45, 7) is 0. The molecule has 0 saturated carbocycles. The third kappa shape index (κ3) is 1.70. The van der Waals surface area contributed by atoms with Crippen LogP contribution in [0.1, 0.15) is 6.42 Å². The van der Waals surface area contributed by atoms with Gasteiger partial charge in [0.2, 0.25) is 6.41 Å². The van der Waals surface area contributed by atoms with Gasteiger partial charge in [-0.2, -0.15) is 0 Å². The monoisotopic (exact) mass is 163 g/mol. The number of rotatable bonds is 2. The van der Waals surface area contributed by atoms with E-state index in [1.165, 1.54) is 0 Å². The number of amides is 1. The molecular formula is C5H9NO3S. The normalized spacial score (nSPS) is 29.8. The standard InChI is InChI=1S/C5H9NO3S/c7-4-6-5-1-2-10(8,9)3-5/h4-5H,1-3H2,(H,6,7)/t5-/m0/s1. The molecule has 0 spiro atoms. The Kier molecular flexibility index (Phi) is 1.94. The Morgan fingerprint density at radius 1 is 1.50 bits per heavy atom. The molecule has 1 aliphatic rings. The molecule has 1 saturated heterocycles. The lowest BCUT2D eigenvalue weighted by molar-refractivity contribution is -0.110. The van der Waals surface area contributed by atoms with Crippen LogP contribution in [-0.4, -0.2) is 32.4 Å². The second-order valence-corrected chi connectivity index (χ2v) is 4.61. The Morgan fingerprint density at radius 3 is 2.60 bits per heavy atom. The zero-order valence-corrected chi connectivity index (χ0v) is 6.23. The predicted octanol–water partition coefficient (Wildman–Crippen LogP) is -1.08. The van der Waals surface area contributed by atoms with Crippen LogP contribution < -0.4 is 5.32 Å². The minimum atomic E-state index is -2.84. The van der Waals surface area contributed by atoms with Gasteiger partial charge in [0, 0.05) is 6.04 Å². The molecule has 0 aromatic rings. The second kappa shape index (κ2) is 2.57. The van der Waals surface area contributed by atoms with Crippen LogP contribution in [0.4, 0.5) is 0 Å². The minimum absolute atomic E-state index is 0.103. The molecule has 1 fully saturated rings. The van der Waals surface area contributed by atoms with Crippen LogP contribution in [0.25, 0.3) is 0 Å². The summed E-state index contributed by atoms with van der Waals surface area (Å²) in [5.41, 5.74) is 0. The van der Waals surface area contributed by atoms with Gasteiger partial charge >= 0.3 is 0 Å². The molecule has 0 bridgehead atoms. The molecule has 0 aliphatic carbocycles. The highest BCUT2D eigenvalue weighted by molar-refractivity contribution is 7.91. The van der Waals surface area contributed by atoms with E-state index < -0.39 is 9.84 Å². The first-order chi connectivity index (χ1) is 4.64. The molecule has 0 radical (unpaired) electrons. The first-order valence-electron chi connectivity index (χ1n) is 3.04. The molecule has 1 heterocycles. The first kappa shape index (κ1) is 7.53. The molecule has 1 aliphatic heterocycles. The van der Waals surface area contributed by atoms with E-state index in [2.05, 4.69) is 5.32 Å². The second-order valence-electron chi connectivity index (χ2n) is 2.38. The molecule has 5 heteroatoms. The first-order valence-corrected chi connectivity index (χ1v) is 4.86. The Hall–Kier alpha value is -0.580. The van der Waals surface area contributed by atoms with E-state index in [1.54, 1.807) is 0 Å². The molecule has 0 unspecified atom stereocenters. The quantitative estimate of drug-likeness (QED) is 0.527. The number of sulfone groups is 1. The average Bonchev–Trinajstić information content (AvgIpc) is 2.12. The third-order valence-corrected chi connectivity index (χ3v) is 3.30. The van der Waals surface area contributed by atoms with Gasteiger partial charge in [-0.05, 0) is 6.42 Å². The fourth-order valence-electron chi connectivity index (χ4n) is 1.02. The summed E-state index contributed by atoms with van der Waals surface area (Å²) in [6, 6.07) is -0.150. The van der Waals surface area contributed by atoms with Crippen LogP contribution in [0.3, 0.4) is 0 Å². The van der Waals surface area contributed by atoms with Crippen molar-refractivity contribution in [3.05, 3.63) is 0 Å². The molecule has 58 valence electrons.